The molecule has 35 heavy (non-hydrogen) atoms. The van der Waals surface area contributed by atoms with E-state index in [-0.39, 0.29) is 21.1 Å². The number of carbonyl (C=O) groups is 1. The molecule has 0 spiro atoms. The van der Waals surface area contributed by atoms with Gasteiger partial charge in [-0.15, -0.1) is 15.0 Å². The van der Waals surface area contributed by atoms with E-state index in [2.05, 4.69) is 10.2 Å². The van der Waals surface area contributed by atoms with Crippen LogP contribution in [0.15, 0.2) is 101 Å². The standard InChI is InChI=1S/C26H18ClN3O4S/c1-17-6-15-25(24(16-17)30-28-22-4-2-3-5-23(22)29-30)34-26(31)18-7-11-20(12-8-18)35(32,33)21-13-9-19(27)10-14-21/h2-16H,1H3. The van der Waals surface area contributed by atoms with Gasteiger partial charge in [0.25, 0.3) is 0 Å². The molecule has 0 radical (unpaired) electrons. The van der Waals surface area contributed by atoms with Crippen molar-refractivity contribution in [1.29, 1.82) is 0 Å². The number of hydrogen-bond acceptors (Lipinski definition) is 6. The largest absolute Gasteiger partial charge is 0.421 e. The van der Waals surface area contributed by atoms with E-state index in [0.29, 0.717) is 21.7 Å². The van der Waals surface area contributed by atoms with Crippen molar-refractivity contribution in [3.63, 3.8) is 0 Å². The van der Waals surface area contributed by atoms with E-state index in [1.165, 1.54) is 53.3 Å². The van der Waals surface area contributed by atoms with E-state index < -0.39 is 15.8 Å². The molecule has 0 saturated heterocycles. The van der Waals surface area contributed by atoms with Gasteiger partial charge >= 0.3 is 5.97 Å². The highest BCUT2D eigenvalue weighted by Crippen LogP contribution is 2.27. The maximum atomic E-state index is 12.9. The zero-order chi connectivity index (χ0) is 24.6. The first kappa shape index (κ1) is 22.8. The third kappa shape index (κ3) is 4.53. The number of rotatable bonds is 5. The molecule has 4 aromatic carbocycles. The Bertz CT molecular complexity index is 1630. The number of nitrogens with zero attached hydrogens (tertiary/aromatic N) is 3. The van der Waals surface area contributed by atoms with Crippen LogP contribution in [0.5, 0.6) is 5.75 Å². The van der Waals surface area contributed by atoms with Crippen LogP contribution in [0.3, 0.4) is 0 Å². The van der Waals surface area contributed by atoms with Gasteiger partial charge in [0.05, 0.1) is 15.4 Å². The van der Waals surface area contributed by atoms with Crippen LogP contribution in [0.1, 0.15) is 15.9 Å². The minimum Gasteiger partial charge on any atom is -0.421 e. The van der Waals surface area contributed by atoms with E-state index in [1.807, 2.05) is 43.3 Å². The normalized spacial score (nSPS) is 11.5. The molecule has 0 amide bonds. The van der Waals surface area contributed by atoms with Crippen molar-refractivity contribution >= 4 is 38.4 Å². The predicted molar refractivity (Wildman–Crippen MR) is 132 cm³/mol. The van der Waals surface area contributed by atoms with Gasteiger partial charge in [-0.3, -0.25) is 0 Å². The van der Waals surface area contributed by atoms with Gasteiger partial charge in [0.2, 0.25) is 9.84 Å². The Labute approximate surface area is 206 Å². The number of ether oxygens (including phenoxy) is 1. The third-order valence-corrected chi connectivity index (χ3v) is 7.38. The Morgan fingerprint density at radius 1 is 0.829 bits per heavy atom. The van der Waals surface area contributed by atoms with Crippen LogP contribution < -0.4 is 4.74 Å². The molecule has 0 aliphatic rings. The smallest absolute Gasteiger partial charge is 0.343 e. The zero-order valence-electron chi connectivity index (χ0n) is 18.4. The molecule has 5 aromatic rings. The molecule has 0 saturated carbocycles. The number of carbonyl (C=O) groups excluding carboxylic acids is 1. The number of fused-ring (bicyclic) bond motifs is 1. The second kappa shape index (κ2) is 8.98. The monoisotopic (exact) mass is 503 g/mol. The van der Waals surface area contributed by atoms with Crippen LogP contribution >= 0.6 is 11.6 Å². The molecule has 174 valence electrons. The summed E-state index contributed by atoms with van der Waals surface area (Å²) in [5.41, 5.74) is 3.08. The van der Waals surface area contributed by atoms with Gasteiger partial charge in [-0.1, -0.05) is 29.8 Å². The van der Waals surface area contributed by atoms with Gasteiger partial charge < -0.3 is 4.74 Å². The molecule has 0 atom stereocenters. The summed E-state index contributed by atoms with van der Waals surface area (Å²) < 4.78 is 31.4. The van der Waals surface area contributed by atoms with E-state index in [0.717, 1.165) is 5.56 Å². The fourth-order valence-corrected chi connectivity index (χ4v) is 4.90. The number of sulfone groups is 1. The quantitative estimate of drug-likeness (QED) is 0.234. The number of halogens is 1. The van der Waals surface area contributed by atoms with E-state index in [1.54, 1.807) is 6.07 Å². The summed E-state index contributed by atoms with van der Waals surface area (Å²) in [4.78, 5) is 14.5. The van der Waals surface area contributed by atoms with Crippen molar-refractivity contribution in [2.24, 2.45) is 0 Å². The summed E-state index contributed by atoms with van der Waals surface area (Å²) in [6, 6.07) is 24.2. The highest BCUT2D eigenvalue weighted by atomic mass is 35.5. The molecule has 5 rings (SSSR count). The zero-order valence-corrected chi connectivity index (χ0v) is 20.0. The van der Waals surface area contributed by atoms with Crippen LogP contribution in [-0.4, -0.2) is 29.4 Å². The number of aromatic nitrogens is 3. The van der Waals surface area contributed by atoms with Gasteiger partial charge in [-0.25, -0.2) is 13.2 Å². The summed E-state index contributed by atoms with van der Waals surface area (Å²) in [6.45, 7) is 1.91. The van der Waals surface area contributed by atoms with E-state index in [9.17, 15) is 13.2 Å². The Balaban J connectivity index is 1.42. The number of esters is 1. The van der Waals surface area contributed by atoms with Crippen LogP contribution in [0.25, 0.3) is 16.7 Å². The third-order valence-electron chi connectivity index (χ3n) is 5.34. The summed E-state index contributed by atoms with van der Waals surface area (Å²) in [6.07, 6.45) is 0. The topological polar surface area (TPSA) is 91.2 Å². The summed E-state index contributed by atoms with van der Waals surface area (Å²) in [5, 5.41) is 9.39. The number of hydrogen-bond donors (Lipinski definition) is 0. The van der Waals surface area contributed by atoms with E-state index in [4.69, 9.17) is 16.3 Å². The number of benzene rings is 4. The molecule has 0 unspecified atom stereocenters. The summed E-state index contributed by atoms with van der Waals surface area (Å²) in [7, 11) is -3.75. The van der Waals surface area contributed by atoms with Crippen LogP contribution in [0.2, 0.25) is 5.02 Å². The first-order valence-corrected chi connectivity index (χ1v) is 12.4. The lowest BCUT2D eigenvalue weighted by Gasteiger charge is -2.11. The maximum absolute atomic E-state index is 12.9. The first-order valence-electron chi connectivity index (χ1n) is 10.6. The fraction of sp³-hybridized carbons (Fsp3) is 0.0385. The minimum atomic E-state index is -3.75. The van der Waals surface area contributed by atoms with E-state index >= 15 is 0 Å². The molecule has 0 aliphatic heterocycles. The predicted octanol–water partition coefficient (Wildman–Crippen LogP) is 5.43. The van der Waals surface area contributed by atoms with Crippen molar-refractivity contribution < 1.29 is 17.9 Å². The van der Waals surface area contributed by atoms with Crippen molar-refractivity contribution in [3.05, 3.63) is 107 Å². The van der Waals surface area contributed by atoms with Crippen molar-refractivity contribution in [3.8, 4) is 11.4 Å². The highest BCUT2D eigenvalue weighted by molar-refractivity contribution is 7.91. The average molecular weight is 504 g/mol. The molecule has 9 heteroatoms. The Morgan fingerprint density at radius 3 is 2.00 bits per heavy atom. The van der Waals surface area contributed by atoms with Crippen molar-refractivity contribution in [2.45, 2.75) is 16.7 Å². The average Bonchev–Trinajstić information content (AvgIpc) is 3.29. The Kier molecular flexibility index (Phi) is 5.84. The lowest BCUT2D eigenvalue weighted by atomic mass is 10.2. The maximum Gasteiger partial charge on any atom is 0.343 e. The minimum absolute atomic E-state index is 0.0554. The molecule has 0 fully saturated rings. The lowest BCUT2D eigenvalue weighted by Crippen LogP contribution is -2.12. The van der Waals surface area contributed by atoms with Gasteiger partial charge in [0.15, 0.2) is 5.75 Å². The molecular weight excluding hydrogens is 486 g/mol. The Morgan fingerprint density at radius 2 is 1.40 bits per heavy atom. The second-order valence-electron chi connectivity index (χ2n) is 7.82. The van der Waals surface area contributed by atoms with Crippen molar-refractivity contribution in [2.75, 3.05) is 0 Å². The second-order valence-corrected chi connectivity index (χ2v) is 10.2. The first-order chi connectivity index (χ1) is 16.8. The van der Waals surface area contributed by atoms with Gasteiger partial charge in [-0.2, -0.15) is 0 Å². The van der Waals surface area contributed by atoms with Gasteiger partial charge in [0.1, 0.15) is 16.7 Å². The Hall–Kier alpha value is -4.01. The molecule has 0 aliphatic carbocycles. The summed E-state index contributed by atoms with van der Waals surface area (Å²) >= 11 is 5.85. The molecular formula is C26H18ClN3O4S. The number of aryl methyl sites for hydroxylation is 1. The lowest BCUT2D eigenvalue weighted by molar-refractivity contribution is 0.0734. The van der Waals surface area contributed by atoms with Crippen molar-refractivity contribution in [1.82, 2.24) is 15.0 Å². The molecule has 0 bridgehead atoms. The molecule has 7 nitrogen and oxygen atoms in total. The molecule has 0 N–H and O–H groups in total. The van der Waals surface area contributed by atoms with Gasteiger partial charge in [0, 0.05) is 5.02 Å². The molecule has 1 heterocycles. The highest BCUT2D eigenvalue weighted by Gasteiger charge is 2.20. The van der Waals surface area contributed by atoms with Gasteiger partial charge in [-0.05, 0) is 85.3 Å². The molecule has 1 aromatic heterocycles. The SMILES string of the molecule is Cc1ccc(OC(=O)c2ccc(S(=O)(=O)c3ccc(Cl)cc3)cc2)c(-n2nc3ccccc3n2)c1. The fourth-order valence-electron chi connectivity index (χ4n) is 3.52. The van der Waals surface area contributed by atoms with Crippen LogP contribution in [0.4, 0.5) is 0 Å². The summed E-state index contributed by atoms with van der Waals surface area (Å²) in [5.74, 6) is -0.360. The van der Waals surface area contributed by atoms with Crippen LogP contribution in [0, 0.1) is 6.92 Å². The van der Waals surface area contributed by atoms with Crippen LogP contribution in [-0.2, 0) is 9.84 Å².